The minimum Gasteiger partial charge on any atom is -0.726 e. The Labute approximate surface area is 154 Å². The molecule has 0 aliphatic carbocycles. The Kier molecular flexibility index (Phi) is 32.8. The van der Waals surface area contributed by atoms with Crippen molar-refractivity contribution in [3.05, 3.63) is 0 Å². The van der Waals surface area contributed by atoms with Crippen molar-refractivity contribution in [1.82, 2.24) is 6.15 Å². The molecule has 0 aromatic heterocycles. The molecule has 7 heteroatoms. The summed E-state index contributed by atoms with van der Waals surface area (Å²) in [7, 11) is -4.92. The zero-order valence-corrected chi connectivity index (χ0v) is 17.1. The zero-order chi connectivity index (χ0) is 15.0. The Morgan fingerprint density at radius 3 is 1.00 bits per heavy atom. The monoisotopic (exact) mass is 335 g/mol. The molecule has 0 saturated heterocycles. The normalized spacial score (nSPS) is 9.90. The molecular weight excluding hydrogens is 301 g/mol. The van der Waals surface area contributed by atoms with Crippen LogP contribution in [-0.4, -0.2) is 17.5 Å². The number of unbranched alkanes of at least 4 members (excludes halogenated alkanes) is 11. The fourth-order valence-electron chi connectivity index (χ4n) is 1.91. The molecule has 0 bridgehead atoms. The summed E-state index contributed by atoms with van der Waals surface area (Å²) in [5.74, 6) is 0. The molecule has 0 amide bonds. The van der Waals surface area contributed by atoms with Gasteiger partial charge in [-0.25, -0.2) is 8.42 Å². The number of hydrogen-bond acceptors (Lipinski definition) is 4. The predicted molar refractivity (Wildman–Crippen MR) is 84.1 cm³/mol. The van der Waals surface area contributed by atoms with Gasteiger partial charge in [-0.2, -0.15) is 0 Å². The molecule has 0 heterocycles. The maximum atomic E-state index is 8.63. The van der Waals surface area contributed by atoms with Crippen LogP contribution in [0.4, 0.5) is 0 Å². The predicted octanol–water partition coefficient (Wildman–Crippen LogP) is 1.88. The standard InChI is InChI=1S/C14H30.H3N.Na.H2O4S/c1-3-5-7-9-11-13-14-12-10-8-6-4-2;;;1-5(2,3)4/h3-14H2,1-2H3;1H3;;(H2,1,2,3,4)/q;;+1;/p-1. The van der Waals surface area contributed by atoms with E-state index in [0.29, 0.717) is 0 Å². The third-order valence-corrected chi connectivity index (χ3v) is 2.96. The topological polar surface area (TPSA) is 112 Å². The van der Waals surface area contributed by atoms with Gasteiger partial charge in [0.05, 0.1) is 0 Å². The van der Waals surface area contributed by atoms with Crippen LogP contribution >= 0.6 is 0 Å². The molecule has 0 aromatic rings. The number of hydrogen-bond donors (Lipinski definition) is 2. The molecule has 0 atom stereocenters. The average Bonchev–Trinajstić information content (AvgIpc) is 2.29. The summed E-state index contributed by atoms with van der Waals surface area (Å²) in [5.41, 5.74) is 0. The Bertz CT molecular complexity index is 242. The molecule has 4 N–H and O–H groups in total. The minimum absolute atomic E-state index is 0. The van der Waals surface area contributed by atoms with E-state index in [4.69, 9.17) is 17.5 Å². The Hall–Kier alpha value is 0.830. The summed E-state index contributed by atoms with van der Waals surface area (Å²) >= 11 is 0. The molecule has 0 rings (SSSR count). The first kappa shape index (κ1) is 29.8. The Morgan fingerprint density at radius 1 is 0.714 bits per heavy atom. The molecule has 0 aliphatic rings. The van der Waals surface area contributed by atoms with E-state index in [1.165, 1.54) is 77.0 Å². The number of rotatable bonds is 11. The van der Waals surface area contributed by atoms with Crippen molar-refractivity contribution in [3.63, 3.8) is 0 Å². The summed E-state index contributed by atoms with van der Waals surface area (Å²) in [4.78, 5) is 0. The van der Waals surface area contributed by atoms with Crippen molar-refractivity contribution >= 4 is 10.4 Å². The van der Waals surface area contributed by atoms with E-state index in [2.05, 4.69) is 13.8 Å². The van der Waals surface area contributed by atoms with E-state index in [9.17, 15) is 0 Å². The molecule has 0 fully saturated rings. The Morgan fingerprint density at radius 2 is 0.857 bits per heavy atom. The first-order valence-electron chi connectivity index (χ1n) is 7.60. The molecule has 0 aliphatic heterocycles. The molecule has 5 nitrogen and oxygen atoms in total. The van der Waals surface area contributed by atoms with Crippen molar-refractivity contribution < 1.29 is 47.1 Å². The van der Waals surface area contributed by atoms with E-state index in [1.54, 1.807) is 0 Å². The van der Waals surface area contributed by atoms with Gasteiger partial charge < -0.3 is 10.7 Å². The smallest absolute Gasteiger partial charge is 0.726 e. The zero-order valence-electron chi connectivity index (χ0n) is 14.3. The van der Waals surface area contributed by atoms with Gasteiger partial charge in [0.25, 0.3) is 0 Å². The van der Waals surface area contributed by atoms with E-state index < -0.39 is 10.4 Å². The van der Waals surface area contributed by atoms with Crippen molar-refractivity contribution in [2.45, 2.75) is 90.9 Å². The van der Waals surface area contributed by atoms with Gasteiger partial charge in [0, 0.05) is 0 Å². The van der Waals surface area contributed by atoms with E-state index >= 15 is 0 Å². The first-order valence-corrected chi connectivity index (χ1v) is 8.96. The van der Waals surface area contributed by atoms with Gasteiger partial charge in [0.1, 0.15) is 0 Å². The van der Waals surface area contributed by atoms with Crippen molar-refractivity contribution in [2.75, 3.05) is 0 Å². The van der Waals surface area contributed by atoms with E-state index in [0.717, 1.165) is 0 Å². The van der Waals surface area contributed by atoms with Crippen LogP contribution in [0.5, 0.6) is 0 Å². The van der Waals surface area contributed by atoms with Gasteiger partial charge in [-0.15, -0.1) is 0 Å². The largest absolute Gasteiger partial charge is 1.00 e. The van der Waals surface area contributed by atoms with Crippen molar-refractivity contribution in [2.24, 2.45) is 0 Å². The van der Waals surface area contributed by atoms with Crippen LogP contribution < -0.4 is 35.7 Å². The maximum Gasteiger partial charge on any atom is 1.00 e. The third kappa shape index (κ3) is 52.8. The molecule has 0 unspecified atom stereocenters. The molecular formula is C14H34NNaO4S. The van der Waals surface area contributed by atoms with Gasteiger partial charge >= 0.3 is 29.6 Å². The van der Waals surface area contributed by atoms with E-state index in [-0.39, 0.29) is 35.7 Å². The average molecular weight is 335 g/mol. The Balaban J connectivity index is -0.000000179. The summed E-state index contributed by atoms with van der Waals surface area (Å²) in [6.07, 6.45) is 17.4. The van der Waals surface area contributed by atoms with E-state index in [1.807, 2.05) is 0 Å². The summed E-state index contributed by atoms with van der Waals surface area (Å²) in [6.45, 7) is 4.57. The third-order valence-electron chi connectivity index (χ3n) is 2.96. The summed E-state index contributed by atoms with van der Waals surface area (Å²) in [5, 5.41) is 0. The SMILES string of the molecule is CCCCCCCCCCCCCC.N.O=S(=O)([O-])O.[Na+]. The quantitative estimate of drug-likeness (QED) is 0.259. The second kappa shape index (κ2) is 23.1. The van der Waals surface area contributed by atoms with Crippen LogP contribution in [0.2, 0.25) is 0 Å². The van der Waals surface area contributed by atoms with Crippen LogP contribution in [0.1, 0.15) is 90.9 Å². The van der Waals surface area contributed by atoms with Crippen LogP contribution in [0, 0.1) is 0 Å². The molecule has 0 saturated carbocycles. The summed E-state index contributed by atoms with van der Waals surface area (Å²) in [6, 6.07) is 0. The van der Waals surface area contributed by atoms with Crippen molar-refractivity contribution in [3.8, 4) is 0 Å². The minimum atomic E-state index is -4.92. The van der Waals surface area contributed by atoms with Gasteiger partial charge in [-0.05, 0) is 0 Å². The second-order valence-corrected chi connectivity index (χ2v) is 5.82. The molecule has 126 valence electrons. The fourth-order valence-corrected chi connectivity index (χ4v) is 1.91. The van der Waals surface area contributed by atoms with Crippen LogP contribution in [0.25, 0.3) is 0 Å². The van der Waals surface area contributed by atoms with Crippen LogP contribution in [0.3, 0.4) is 0 Å². The van der Waals surface area contributed by atoms with Crippen LogP contribution in [0.15, 0.2) is 0 Å². The van der Waals surface area contributed by atoms with Gasteiger partial charge in [-0.3, -0.25) is 4.55 Å². The second-order valence-electron chi connectivity index (χ2n) is 4.96. The fraction of sp³-hybridized carbons (Fsp3) is 1.00. The van der Waals surface area contributed by atoms with Gasteiger partial charge in [-0.1, -0.05) is 90.9 Å². The van der Waals surface area contributed by atoms with Crippen LogP contribution in [-0.2, 0) is 10.4 Å². The molecule has 0 aromatic carbocycles. The van der Waals surface area contributed by atoms with Gasteiger partial charge in [0.2, 0.25) is 10.4 Å². The molecule has 0 spiro atoms. The van der Waals surface area contributed by atoms with Crippen molar-refractivity contribution in [1.29, 1.82) is 0 Å². The summed E-state index contributed by atoms with van der Waals surface area (Å²) < 4.78 is 32.8. The molecule has 21 heavy (non-hydrogen) atoms. The van der Waals surface area contributed by atoms with Gasteiger partial charge in [0.15, 0.2) is 0 Å². The molecule has 0 radical (unpaired) electrons. The maximum absolute atomic E-state index is 8.63. The first-order chi connectivity index (χ1) is 8.91.